The monoisotopic (exact) mass is 276 g/mol. The van der Waals surface area contributed by atoms with Gasteiger partial charge in [-0.3, -0.25) is 4.90 Å². The van der Waals surface area contributed by atoms with E-state index in [2.05, 4.69) is 11.9 Å². The fourth-order valence-corrected chi connectivity index (χ4v) is 2.99. The topological polar surface area (TPSA) is 53.0 Å². The molecule has 0 radical (unpaired) electrons. The zero-order valence-electron chi connectivity index (χ0n) is 11.7. The number of carbonyl (C=O) groups is 1. The Morgan fingerprint density at radius 2 is 1.80 bits per heavy atom. The number of phenolic OH excluding ortho intramolecular Hbond substituents is 1. The van der Waals surface area contributed by atoms with Gasteiger partial charge in [-0.05, 0) is 19.2 Å². The molecule has 2 aliphatic rings. The second kappa shape index (κ2) is 4.98. The van der Waals surface area contributed by atoms with Crippen LogP contribution < -0.4 is 4.90 Å². The summed E-state index contributed by atoms with van der Waals surface area (Å²) in [5.41, 5.74) is 0.227. The van der Waals surface area contributed by atoms with Crippen LogP contribution in [0.15, 0.2) is 24.3 Å². The normalized spacial score (nSPS) is 22.9. The van der Waals surface area contributed by atoms with Crippen LogP contribution in [0, 0.1) is 0 Å². The molecule has 1 aromatic rings. The number of benzene rings is 1. The average Bonchev–Trinajstić information content (AvgIpc) is 2.44. The zero-order valence-corrected chi connectivity index (χ0v) is 11.7. The predicted octanol–water partition coefficient (Wildman–Crippen LogP) is 2.20. The highest BCUT2D eigenvalue weighted by Gasteiger charge is 2.43. The molecule has 0 atom stereocenters. The van der Waals surface area contributed by atoms with Crippen LogP contribution in [-0.2, 0) is 4.74 Å². The first-order valence-corrected chi connectivity index (χ1v) is 7.07. The minimum Gasteiger partial charge on any atom is -0.506 e. The number of likely N-dealkylation sites (tertiary alicyclic amines) is 1. The van der Waals surface area contributed by atoms with E-state index in [-0.39, 0.29) is 17.4 Å². The van der Waals surface area contributed by atoms with Crippen LogP contribution in [0.25, 0.3) is 0 Å². The Labute approximate surface area is 118 Å². The molecule has 0 aromatic heterocycles. The summed E-state index contributed by atoms with van der Waals surface area (Å²) in [6.07, 6.45) is 2.26. The van der Waals surface area contributed by atoms with Crippen LogP contribution in [-0.4, -0.2) is 48.4 Å². The van der Waals surface area contributed by atoms with Crippen LogP contribution in [0.4, 0.5) is 10.5 Å². The van der Waals surface area contributed by atoms with E-state index in [1.165, 1.54) is 4.90 Å². The fraction of sp³-hybridized carbons (Fsp3) is 0.533. The number of aromatic hydroxyl groups is 1. The smallest absolute Gasteiger partial charge is 0.414 e. The van der Waals surface area contributed by atoms with E-state index in [0.717, 1.165) is 32.4 Å². The zero-order chi connectivity index (χ0) is 14.2. The number of rotatable bonds is 1. The number of amides is 1. The third kappa shape index (κ3) is 2.33. The number of nitrogens with zero attached hydrogens (tertiary/aromatic N) is 2. The lowest BCUT2D eigenvalue weighted by Crippen LogP contribution is -2.54. The van der Waals surface area contributed by atoms with Crippen molar-refractivity contribution in [2.45, 2.75) is 24.9 Å². The maximum atomic E-state index is 12.3. The molecular weight excluding hydrogens is 256 g/mol. The Morgan fingerprint density at radius 3 is 2.45 bits per heavy atom. The Balaban J connectivity index is 1.75. The number of para-hydroxylation sites is 2. The molecule has 0 unspecified atom stereocenters. The van der Waals surface area contributed by atoms with Crippen LogP contribution in [0.5, 0.6) is 5.75 Å². The van der Waals surface area contributed by atoms with E-state index in [0.29, 0.717) is 12.2 Å². The highest BCUT2D eigenvalue weighted by molar-refractivity contribution is 5.90. The summed E-state index contributed by atoms with van der Waals surface area (Å²) in [5, 5.41) is 9.86. The fourth-order valence-electron chi connectivity index (χ4n) is 2.99. The van der Waals surface area contributed by atoms with Gasteiger partial charge in [0, 0.05) is 38.9 Å². The van der Waals surface area contributed by atoms with Gasteiger partial charge in [-0.2, -0.15) is 0 Å². The number of phenols is 1. The Hall–Kier alpha value is -1.75. The molecule has 3 rings (SSSR count). The molecule has 1 N–H and O–H groups in total. The first-order valence-electron chi connectivity index (χ1n) is 7.07. The SMILES string of the molecule is CN1CCC2(CC1)CCN(c1ccccc1O)C(=O)O2. The molecule has 20 heavy (non-hydrogen) atoms. The van der Waals surface area contributed by atoms with Crippen molar-refractivity contribution in [3.05, 3.63) is 24.3 Å². The first kappa shape index (κ1) is 13.2. The summed E-state index contributed by atoms with van der Waals surface area (Å²) in [4.78, 5) is 16.1. The van der Waals surface area contributed by atoms with Crippen molar-refractivity contribution in [2.24, 2.45) is 0 Å². The number of carbonyl (C=O) groups excluding carboxylic acids is 1. The van der Waals surface area contributed by atoms with Crippen molar-refractivity contribution in [3.8, 4) is 5.75 Å². The minimum absolute atomic E-state index is 0.115. The highest BCUT2D eigenvalue weighted by Crippen LogP contribution is 2.37. The lowest BCUT2D eigenvalue weighted by molar-refractivity contribution is -0.0445. The highest BCUT2D eigenvalue weighted by atomic mass is 16.6. The van der Waals surface area contributed by atoms with E-state index in [9.17, 15) is 9.90 Å². The van der Waals surface area contributed by atoms with Gasteiger partial charge in [0.15, 0.2) is 0 Å². The first-order chi connectivity index (χ1) is 9.60. The molecule has 0 saturated carbocycles. The molecule has 0 aliphatic carbocycles. The van der Waals surface area contributed by atoms with Crippen molar-refractivity contribution >= 4 is 11.8 Å². The summed E-state index contributed by atoms with van der Waals surface area (Å²) in [6, 6.07) is 6.88. The molecule has 2 saturated heterocycles. The third-order valence-electron chi connectivity index (χ3n) is 4.39. The van der Waals surface area contributed by atoms with Gasteiger partial charge in [0.25, 0.3) is 0 Å². The van der Waals surface area contributed by atoms with Crippen LogP contribution in [0.3, 0.4) is 0 Å². The molecular formula is C15H20N2O3. The molecule has 5 nitrogen and oxygen atoms in total. The standard InChI is InChI=1S/C15H20N2O3/c1-16-9-6-15(7-10-16)8-11-17(14(19)20-15)12-4-2-3-5-13(12)18/h2-5,18H,6-11H2,1H3. The summed E-state index contributed by atoms with van der Waals surface area (Å²) in [6.45, 7) is 2.52. The maximum absolute atomic E-state index is 12.3. The number of anilines is 1. The van der Waals surface area contributed by atoms with Gasteiger partial charge >= 0.3 is 6.09 Å². The Bertz CT molecular complexity index is 510. The van der Waals surface area contributed by atoms with E-state index in [1.54, 1.807) is 18.2 Å². The van der Waals surface area contributed by atoms with Gasteiger partial charge in [-0.1, -0.05) is 12.1 Å². The van der Waals surface area contributed by atoms with Crippen molar-refractivity contribution in [1.29, 1.82) is 0 Å². The molecule has 1 spiro atoms. The number of piperidine rings is 1. The van der Waals surface area contributed by atoms with Crippen molar-refractivity contribution in [2.75, 3.05) is 31.6 Å². The largest absolute Gasteiger partial charge is 0.506 e. The van der Waals surface area contributed by atoms with Crippen LogP contribution in [0.2, 0.25) is 0 Å². The van der Waals surface area contributed by atoms with Gasteiger partial charge in [0.05, 0.1) is 5.69 Å². The van der Waals surface area contributed by atoms with Gasteiger partial charge in [-0.15, -0.1) is 0 Å². The molecule has 108 valence electrons. The van der Waals surface area contributed by atoms with Gasteiger partial charge < -0.3 is 14.7 Å². The molecule has 0 bridgehead atoms. The second-order valence-corrected chi connectivity index (χ2v) is 5.74. The second-order valence-electron chi connectivity index (χ2n) is 5.74. The Kier molecular flexibility index (Phi) is 3.30. The number of hydrogen-bond donors (Lipinski definition) is 1. The van der Waals surface area contributed by atoms with Gasteiger partial charge in [-0.25, -0.2) is 4.79 Å². The van der Waals surface area contributed by atoms with Crippen molar-refractivity contribution in [3.63, 3.8) is 0 Å². The molecule has 1 aromatic carbocycles. The third-order valence-corrected chi connectivity index (χ3v) is 4.39. The lowest BCUT2D eigenvalue weighted by Gasteiger charge is -2.45. The van der Waals surface area contributed by atoms with E-state index >= 15 is 0 Å². The van der Waals surface area contributed by atoms with E-state index in [1.807, 2.05) is 6.07 Å². The maximum Gasteiger partial charge on any atom is 0.414 e. The molecule has 1 amide bonds. The summed E-state index contributed by atoms with van der Waals surface area (Å²) < 4.78 is 5.73. The molecule has 2 heterocycles. The van der Waals surface area contributed by atoms with Gasteiger partial charge in [0.2, 0.25) is 0 Å². The van der Waals surface area contributed by atoms with E-state index in [4.69, 9.17) is 4.74 Å². The summed E-state index contributed by atoms with van der Waals surface area (Å²) >= 11 is 0. The van der Waals surface area contributed by atoms with Crippen molar-refractivity contribution < 1.29 is 14.6 Å². The van der Waals surface area contributed by atoms with Crippen LogP contribution >= 0.6 is 0 Å². The molecule has 2 fully saturated rings. The summed E-state index contributed by atoms with van der Waals surface area (Å²) in [5.74, 6) is 0.115. The predicted molar refractivity (Wildman–Crippen MR) is 76.0 cm³/mol. The molecule has 5 heteroatoms. The number of ether oxygens (including phenoxy) is 1. The minimum atomic E-state index is -0.345. The Morgan fingerprint density at radius 1 is 1.15 bits per heavy atom. The number of hydrogen-bond acceptors (Lipinski definition) is 4. The van der Waals surface area contributed by atoms with Crippen LogP contribution in [0.1, 0.15) is 19.3 Å². The average molecular weight is 276 g/mol. The lowest BCUT2D eigenvalue weighted by atomic mass is 9.87. The molecule has 2 aliphatic heterocycles. The van der Waals surface area contributed by atoms with E-state index < -0.39 is 0 Å². The van der Waals surface area contributed by atoms with Crippen molar-refractivity contribution in [1.82, 2.24) is 4.90 Å². The quantitative estimate of drug-likeness (QED) is 0.854. The summed E-state index contributed by atoms with van der Waals surface area (Å²) in [7, 11) is 2.09. The van der Waals surface area contributed by atoms with Gasteiger partial charge in [0.1, 0.15) is 11.4 Å².